The number of aryl methyl sites for hydroxylation is 1. The Hall–Kier alpha value is -3.36. The smallest absolute Gasteiger partial charge is 0.205 e. The molecule has 0 fully saturated rings. The molecule has 2 heterocycles. The van der Waals surface area contributed by atoms with Crippen LogP contribution in [0.25, 0.3) is 22.5 Å². The first kappa shape index (κ1) is 20.9. The SMILES string of the molecule is CCCCc1nc(CO)n(Cc2ccc(-c3ccccc3-c3nn[nH]n3)cc2)c1CO. The third-order valence-electron chi connectivity index (χ3n) is 5.41. The lowest BCUT2D eigenvalue weighted by atomic mass is 9.98. The Balaban J connectivity index is 1.62. The first-order valence-corrected chi connectivity index (χ1v) is 10.5. The number of unbranched alkanes of at least 4 members (excludes halogenated alkanes) is 1. The molecule has 0 saturated heterocycles. The van der Waals surface area contributed by atoms with Crippen LogP contribution in [0.3, 0.4) is 0 Å². The maximum atomic E-state index is 9.94. The molecule has 8 heteroatoms. The van der Waals surface area contributed by atoms with Crippen molar-refractivity contribution < 1.29 is 10.2 Å². The van der Waals surface area contributed by atoms with Crippen molar-refractivity contribution in [2.24, 2.45) is 0 Å². The summed E-state index contributed by atoms with van der Waals surface area (Å²) >= 11 is 0. The van der Waals surface area contributed by atoms with E-state index >= 15 is 0 Å². The Kier molecular flexibility index (Phi) is 6.49. The molecule has 0 aliphatic carbocycles. The highest BCUT2D eigenvalue weighted by molar-refractivity contribution is 5.80. The number of aromatic amines is 1. The van der Waals surface area contributed by atoms with Crippen LogP contribution in [-0.4, -0.2) is 40.4 Å². The second-order valence-corrected chi connectivity index (χ2v) is 7.41. The first-order chi connectivity index (χ1) is 15.2. The van der Waals surface area contributed by atoms with Crippen LogP contribution in [0.1, 0.15) is 42.5 Å². The van der Waals surface area contributed by atoms with Crippen LogP contribution in [0.5, 0.6) is 0 Å². The molecule has 4 rings (SSSR count). The van der Waals surface area contributed by atoms with Gasteiger partial charge in [-0.25, -0.2) is 4.98 Å². The van der Waals surface area contributed by atoms with E-state index in [-0.39, 0.29) is 13.2 Å². The highest BCUT2D eigenvalue weighted by Crippen LogP contribution is 2.30. The Morgan fingerprint density at radius 1 is 0.968 bits per heavy atom. The number of aliphatic hydroxyl groups excluding tert-OH is 2. The number of H-pyrrole nitrogens is 1. The second kappa shape index (κ2) is 9.63. The van der Waals surface area contributed by atoms with Gasteiger partial charge in [0.05, 0.1) is 18.0 Å². The Bertz CT molecular complexity index is 1120. The quantitative estimate of drug-likeness (QED) is 0.385. The van der Waals surface area contributed by atoms with E-state index in [1.165, 1.54) is 0 Å². The molecule has 0 aliphatic rings. The normalized spacial score (nSPS) is 11.2. The number of imidazole rings is 1. The fourth-order valence-corrected chi connectivity index (χ4v) is 3.80. The number of tetrazole rings is 1. The summed E-state index contributed by atoms with van der Waals surface area (Å²) in [5.74, 6) is 1.14. The first-order valence-electron chi connectivity index (χ1n) is 10.5. The van der Waals surface area contributed by atoms with Crippen LogP contribution in [-0.2, 0) is 26.2 Å². The maximum absolute atomic E-state index is 9.94. The second-order valence-electron chi connectivity index (χ2n) is 7.41. The molecule has 0 spiro atoms. The Morgan fingerprint density at radius 2 is 1.74 bits per heavy atom. The number of hydrogen-bond acceptors (Lipinski definition) is 6. The highest BCUT2D eigenvalue weighted by atomic mass is 16.3. The van der Waals surface area contributed by atoms with Crippen molar-refractivity contribution in [1.29, 1.82) is 0 Å². The van der Waals surface area contributed by atoms with Crippen molar-refractivity contribution in [2.45, 2.75) is 45.9 Å². The van der Waals surface area contributed by atoms with Gasteiger partial charge in [0, 0.05) is 12.1 Å². The zero-order valence-electron chi connectivity index (χ0n) is 17.5. The molecule has 0 atom stereocenters. The van der Waals surface area contributed by atoms with E-state index in [4.69, 9.17) is 0 Å². The van der Waals surface area contributed by atoms with Gasteiger partial charge in [0.15, 0.2) is 0 Å². The van der Waals surface area contributed by atoms with Crippen LogP contribution in [0, 0.1) is 0 Å². The maximum Gasteiger partial charge on any atom is 0.205 e. The summed E-state index contributed by atoms with van der Waals surface area (Å²) in [5.41, 5.74) is 5.69. The topological polar surface area (TPSA) is 113 Å². The summed E-state index contributed by atoms with van der Waals surface area (Å²) in [6.45, 7) is 2.41. The summed E-state index contributed by atoms with van der Waals surface area (Å²) in [7, 11) is 0. The van der Waals surface area contributed by atoms with Crippen molar-refractivity contribution in [3.8, 4) is 22.5 Å². The van der Waals surface area contributed by atoms with Gasteiger partial charge in [0.2, 0.25) is 5.82 Å². The van der Waals surface area contributed by atoms with E-state index in [1.807, 2.05) is 28.8 Å². The van der Waals surface area contributed by atoms with Gasteiger partial charge >= 0.3 is 0 Å². The minimum Gasteiger partial charge on any atom is -0.390 e. The van der Waals surface area contributed by atoms with E-state index in [0.717, 1.165) is 52.9 Å². The predicted octanol–water partition coefficient (Wildman–Crippen LogP) is 3.11. The molecule has 2 aromatic carbocycles. The minimum atomic E-state index is -0.157. The van der Waals surface area contributed by atoms with Gasteiger partial charge < -0.3 is 14.8 Å². The largest absolute Gasteiger partial charge is 0.390 e. The van der Waals surface area contributed by atoms with Crippen molar-refractivity contribution in [3.05, 3.63) is 71.3 Å². The molecule has 0 radical (unpaired) electrons. The third kappa shape index (κ3) is 4.40. The van der Waals surface area contributed by atoms with Gasteiger partial charge in [0.1, 0.15) is 12.4 Å². The van der Waals surface area contributed by atoms with E-state index in [9.17, 15) is 10.2 Å². The number of hydrogen-bond donors (Lipinski definition) is 3. The lowest BCUT2D eigenvalue weighted by molar-refractivity contribution is 0.255. The zero-order chi connectivity index (χ0) is 21.6. The molecule has 0 amide bonds. The molecule has 2 aromatic heterocycles. The van der Waals surface area contributed by atoms with Gasteiger partial charge in [-0.15, -0.1) is 10.2 Å². The number of aromatic nitrogens is 6. The number of benzene rings is 2. The summed E-state index contributed by atoms with van der Waals surface area (Å²) in [6.07, 6.45) is 2.86. The van der Waals surface area contributed by atoms with E-state index < -0.39 is 0 Å². The molecular formula is C23H26N6O2. The monoisotopic (exact) mass is 418 g/mol. The van der Waals surface area contributed by atoms with Gasteiger partial charge in [0.25, 0.3) is 0 Å². The molecule has 0 bridgehead atoms. The van der Waals surface area contributed by atoms with Crippen LogP contribution in [0.4, 0.5) is 0 Å². The fourth-order valence-electron chi connectivity index (χ4n) is 3.80. The Labute approximate surface area is 180 Å². The third-order valence-corrected chi connectivity index (χ3v) is 5.41. The molecule has 0 unspecified atom stereocenters. The van der Waals surface area contributed by atoms with Crippen LogP contribution >= 0.6 is 0 Å². The molecule has 4 aromatic rings. The summed E-state index contributed by atoms with van der Waals surface area (Å²) in [6, 6.07) is 16.2. The van der Waals surface area contributed by atoms with Gasteiger partial charge in [-0.1, -0.05) is 61.9 Å². The molecule has 0 saturated carbocycles. The molecule has 160 valence electrons. The molecule has 8 nitrogen and oxygen atoms in total. The Morgan fingerprint density at radius 3 is 2.39 bits per heavy atom. The fraction of sp³-hybridized carbons (Fsp3) is 0.304. The van der Waals surface area contributed by atoms with E-state index in [0.29, 0.717) is 18.2 Å². The van der Waals surface area contributed by atoms with Crippen molar-refractivity contribution in [2.75, 3.05) is 0 Å². The summed E-state index contributed by atoms with van der Waals surface area (Å²) in [4.78, 5) is 4.57. The summed E-state index contributed by atoms with van der Waals surface area (Å²) in [5, 5.41) is 34.1. The molecule has 0 aliphatic heterocycles. The van der Waals surface area contributed by atoms with Crippen LogP contribution in [0.15, 0.2) is 48.5 Å². The lowest BCUT2D eigenvalue weighted by Crippen LogP contribution is -2.09. The van der Waals surface area contributed by atoms with Crippen molar-refractivity contribution in [3.63, 3.8) is 0 Å². The van der Waals surface area contributed by atoms with Crippen molar-refractivity contribution >= 4 is 0 Å². The molecule has 3 N–H and O–H groups in total. The average molecular weight is 419 g/mol. The molecular weight excluding hydrogens is 392 g/mol. The highest BCUT2D eigenvalue weighted by Gasteiger charge is 2.16. The number of aliphatic hydroxyl groups is 2. The van der Waals surface area contributed by atoms with Gasteiger partial charge in [-0.05, 0) is 34.7 Å². The minimum absolute atomic E-state index is 0.0950. The van der Waals surface area contributed by atoms with Crippen LogP contribution < -0.4 is 0 Å². The van der Waals surface area contributed by atoms with E-state index in [2.05, 4.69) is 56.8 Å². The van der Waals surface area contributed by atoms with Gasteiger partial charge in [-0.2, -0.15) is 5.21 Å². The molecule has 31 heavy (non-hydrogen) atoms. The number of rotatable bonds is 9. The van der Waals surface area contributed by atoms with Gasteiger partial charge in [-0.3, -0.25) is 0 Å². The lowest BCUT2D eigenvalue weighted by Gasteiger charge is -2.12. The van der Waals surface area contributed by atoms with Crippen molar-refractivity contribution in [1.82, 2.24) is 30.2 Å². The number of nitrogens with zero attached hydrogens (tertiary/aromatic N) is 5. The van der Waals surface area contributed by atoms with E-state index in [1.54, 1.807) is 0 Å². The standard InChI is InChI=1S/C23H26N6O2/c1-2-3-8-20-21(14-30)29(22(15-31)24-20)13-16-9-11-17(12-10-16)18-6-4-5-7-19(18)23-25-27-28-26-23/h4-7,9-12,30-31H,2-3,8,13-15H2,1H3,(H,25,26,27,28). The predicted molar refractivity (Wildman–Crippen MR) is 117 cm³/mol. The summed E-state index contributed by atoms with van der Waals surface area (Å²) < 4.78 is 1.92. The van der Waals surface area contributed by atoms with Crippen LogP contribution in [0.2, 0.25) is 0 Å². The average Bonchev–Trinajstić information content (AvgIpc) is 3.46. The number of nitrogens with one attached hydrogen (secondary N) is 1. The zero-order valence-corrected chi connectivity index (χ0v) is 17.5.